The molecule has 2 aromatic carbocycles. The lowest BCUT2D eigenvalue weighted by molar-refractivity contribution is 0.401. The van der Waals surface area contributed by atoms with E-state index in [1.807, 2.05) is 0 Å². The predicted molar refractivity (Wildman–Crippen MR) is 77.9 cm³/mol. The summed E-state index contributed by atoms with van der Waals surface area (Å²) in [7, 11) is -2.61. The minimum Gasteiger partial charge on any atom is -0.495 e. The van der Waals surface area contributed by atoms with Gasteiger partial charge in [-0.2, -0.15) is 0 Å². The second-order valence-electron chi connectivity index (χ2n) is 3.91. The molecular weight excluding hydrogens is 349 g/mol. The second kappa shape index (κ2) is 5.80. The monoisotopic (exact) mass is 359 g/mol. The molecule has 0 aliphatic heterocycles. The van der Waals surface area contributed by atoms with Crippen LogP contribution >= 0.6 is 15.9 Å². The van der Waals surface area contributed by atoms with Crippen molar-refractivity contribution in [2.24, 2.45) is 0 Å². The normalized spacial score (nSPS) is 11.2. The van der Waals surface area contributed by atoms with Gasteiger partial charge >= 0.3 is 0 Å². The summed E-state index contributed by atoms with van der Waals surface area (Å²) in [5.41, 5.74) is 0.366. The third-order valence-corrected chi connectivity index (χ3v) is 4.39. The van der Waals surface area contributed by atoms with Gasteiger partial charge in [0.25, 0.3) is 10.0 Å². The first kappa shape index (κ1) is 14.8. The van der Waals surface area contributed by atoms with Crippen LogP contribution < -0.4 is 9.46 Å². The van der Waals surface area contributed by atoms with E-state index in [0.29, 0.717) is 5.69 Å². The maximum Gasteiger partial charge on any atom is 0.265 e. The fourth-order valence-electron chi connectivity index (χ4n) is 1.62. The van der Waals surface area contributed by atoms with Crippen LogP contribution in [-0.2, 0) is 10.0 Å². The van der Waals surface area contributed by atoms with Crippen LogP contribution in [0.15, 0.2) is 51.8 Å². The molecule has 0 aliphatic carbocycles. The molecule has 0 radical (unpaired) electrons. The fraction of sp³-hybridized carbons (Fsp3) is 0.0769. The van der Waals surface area contributed by atoms with Gasteiger partial charge in [0, 0.05) is 10.2 Å². The van der Waals surface area contributed by atoms with E-state index < -0.39 is 15.8 Å². The van der Waals surface area contributed by atoms with Crippen molar-refractivity contribution in [1.82, 2.24) is 0 Å². The van der Waals surface area contributed by atoms with Crippen LogP contribution in [0.25, 0.3) is 0 Å². The number of methoxy groups -OCH3 is 1. The number of ether oxygens (including phenoxy) is 1. The molecule has 0 unspecified atom stereocenters. The molecule has 0 atom stereocenters. The molecule has 2 rings (SSSR count). The van der Waals surface area contributed by atoms with Gasteiger partial charge in [0.2, 0.25) is 0 Å². The molecule has 0 amide bonds. The van der Waals surface area contributed by atoms with Crippen molar-refractivity contribution < 1.29 is 17.5 Å². The lowest BCUT2D eigenvalue weighted by atomic mass is 10.3. The smallest absolute Gasteiger partial charge is 0.265 e. The SMILES string of the molecule is COc1ccc(F)cc1S(=O)(=O)Nc1cccc(Br)c1. The Morgan fingerprint density at radius 1 is 1.20 bits per heavy atom. The fourth-order valence-corrected chi connectivity index (χ4v) is 3.25. The van der Waals surface area contributed by atoms with Gasteiger partial charge < -0.3 is 4.74 Å². The Hall–Kier alpha value is -1.60. The molecule has 2 aromatic rings. The zero-order chi connectivity index (χ0) is 14.8. The zero-order valence-electron chi connectivity index (χ0n) is 10.4. The third-order valence-electron chi connectivity index (χ3n) is 2.49. The quantitative estimate of drug-likeness (QED) is 0.909. The Morgan fingerprint density at radius 2 is 1.95 bits per heavy atom. The summed E-state index contributed by atoms with van der Waals surface area (Å²) in [6.07, 6.45) is 0. The summed E-state index contributed by atoms with van der Waals surface area (Å²) >= 11 is 3.25. The van der Waals surface area contributed by atoms with Crippen molar-refractivity contribution in [3.63, 3.8) is 0 Å². The van der Waals surface area contributed by atoms with E-state index in [1.54, 1.807) is 24.3 Å². The van der Waals surface area contributed by atoms with Gasteiger partial charge in [0.1, 0.15) is 16.5 Å². The van der Waals surface area contributed by atoms with Gasteiger partial charge in [-0.05, 0) is 36.4 Å². The lowest BCUT2D eigenvalue weighted by Gasteiger charge is -2.11. The van der Waals surface area contributed by atoms with Crippen molar-refractivity contribution in [3.05, 3.63) is 52.8 Å². The molecule has 0 spiro atoms. The van der Waals surface area contributed by atoms with Crippen LogP contribution in [0.5, 0.6) is 5.75 Å². The Kier molecular flexibility index (Phi) is 4.29. The average Bonchev–Trinajstić information content (AvgIpc) is 2.38. The van der Waals surface area contributed by atoms with Crippen LogP contribution in [0.2, 0.25) is 0 Å². The van der Waals surface area contributed by atoms with Crippen LogP contribution in [0.3, 0.4) is 0 Å². The Morgan fingerprint density at radius 3 is 2.60 bits per heavy atom. The number of sulfonamides is 1. The summed E-state index contributed by atoms with van der Waals surface area (Å²) < 4.78 is 45.9. The van der Waals surface area contributed by atoms with E-state index in [9.17, 15) is 12.8 Å². The van der Waals surface area contributed by atoms with E-state index >= 15 is 0 Å². The number of halogens is 2. The molecule has 0 aromatic heterocycles. The number of rotatable bonds is 4. The maximum absolute atomic E-state index is 13.3. The van der Waals surface area contributed by atoms with Crippen molar-refractivity contribution in [2.75, 3.05) is 11.8 Å². The highest BCUT2D eigenvalue weighted by Gasteiger charge is 2.20. The summed E-state index contributed by atoms with van der Waals surface area (Å²) in [6.45, 7) is 0. The topological polar surface area (TPSA) is 55.4 Å². The largest absolute Gasteiger partial charge is 0.495 e. The predicted octanol–water partition coefficient (Wildman–Crippen LogP) is 3.40. The molecule has 0 bridgehead atoms. The zero-order valence-corrected chi connectivity index (χ0v) is 12.8. The Bertz CT molecular complexity index is 734. The first-order chi connectivity index (χ1) is 9.42. The molecular formula is C13H11BrFNO3S. The summed E-state index contributed by atoms with van der Waals surface area (Å²) in [4.78, 5) is -0.250. The Labute approximate surface area is 124 Å². The van der Waals surface area contributed by atoms with E-state index in [1.165, 1.54) is 13.2 Å². The van der Waals surface area contributed by atoms with Gasteiger partial charge in [-0.1, -0.05) is 22.0 Å². The number of hydrogen-bond acceptors (Lipinski definition) is 3. The van der Waals surface area contributed by atoms with Gasteiger partial charge in [0.05, 0.1) is 7.11 Å². The molecule has 4 nitrogen and oxygen atoms in total. The van der Waals surface area contributed by atoms with Crippen molar-refractivity contribution >= 4 is 31.6 Å². The first-order valence-corrected chi connectivity index (χ1v) is 7.82. The summed E-state index contributed by atoms with van der Waals surface area (Å²) in [5, 5.41) is 0. The molecule has 1 N–H and O–H groups in total. The summed E-state index contributed by atoms with van der Waals surface area (Å²) in [5.74, 6) is -0.575. The van der Waals surface area contributed by atoms with E-state index in [2.05, 4.69) is 20.7 Å². The number of anilines is 1. The molecule has 0 saturated heterocycles. The first-order valence-electron chi connectivity index (χ1n) is 5.54. The highest BCUT2D eigenvalue weighted by Crippen LogP contribution is 2.27. The minimum atomic E-state index is -3.93. The average molecular weight is 360 g/mol. The van der Waals surface area contributed by atoms with Crippen molar-refractivity contribution in [3.8, 4) is 5.75 Å². The van der Waals surface area contributed by atoms with E-state index in [0.717, 1.165) is 16.6 Å². The molecule has 0 heterocycles. The maximum atomic E-state index is 13.3. The highest BCUT2D eigenvalue weighted by atomic mass is 79.9. The van der Waals surface area contributed by atoms with Gasteiger partial charge in [0.15, 0.2) is 0 Å². The van der Waals surface area contributed by atoms with Gasteiger partial charge in [-0.25, -0.2) is 12.8 Å². The number of benzene rings is 2. The lowest BCUT2D eigenvalue weighted by Crippen LogP contribution is -2.14. The Balaban J connectivity index is 2.43. The van der Waals surface area contributed by atoms with Gasteiger partial charge in [-0.3, -0.25) is 4.72 Å². The van der Waals surface area contributed by atoms with E-state index in [-0.39, 0.29) is 10.6 Å². The van der Waals surface area contributed by atoms with Crippen molar-refractivity contribution in [2.45, 2.75) is 4.90 Å². The standard InChI is InChI=1S/C13H11BrFNO3S/c1-19-12-6-5-10(15)8-13(12)20(17,18)16-11-4-2-3-9(14)7-11/h2-8,16H,1H3. The molecule has 20 heavy (non-hydrogen) atoms. The molecule has 0 aliphatic rings. The van der Waals surface area contributed by atoms with E-state index in [4.69, 9.17) is 4.74 Å². The minimum absolute atomic E-state index is 0.0777. The third kappa shape index (κ3) is 3.29. The molecule has 106 valence electrons. The van der Waals surface area contributed by atoms with Crippen LogP contribution in [-0.4, -0.2) is 15.5 Å². The second-order valence-corrected chi connectivity index (χ2v) is 6.48. The number of nitrogens with one attached hydrogen (secondary N) is 1. The van der Waals surface area contributed by atoms with Gasteiger partial charge in [-0.15, -0.1) is 0 Å². The molecule has 0 fully saturated rings. The van der Waals surface area contributed by atoms with Crippen LogP contribution in [0.1, 0.15) is 0 Å². The van der Waals surface area contributed by atoms with Crippen LogP contribution in [0.4, 0.5) is 10.1 Å². The van der Waals surface area contributed by atoms with Crippen LogP contribution in [0, 0.1) is 5.82 Å². The summed E-state index contributed by atoms with van der Waals surface area (Å²) in [6, 6.07) is 9.96. The van der Waals surface area contributed by atoms with Crippen molar-refractivity contribution in [1.29, 1.82) is 0 Å². The molecule has 7 heteroatoms. The highest BCUT2D eigenvalue weighted by molar-refractivity contribution is 9.10. The molecule has 0 saturated carbocycles. The number of hydrogen-bond donors (Lipinski definition) is 1.